The molecule has 0 saturated heterocycles. The van der Waals surface area contributed by atoms with E-state index in [2.05, 4.69) is 0 Å². The van der Waals surface area contributed by atoms with E-state index in [0.29, 0.717) is 11.5 Å². The number of benzene rings is 1. The molecule has 1 aromatic heterocycles. The second-order valence-corrected chi connectivity index (χ2v) is 5.51. The molecule has 0 fully saturated rings. The minimum Gasteiger partial charge on any atom is -0.508 e. The maximum atomic E-state index is 12.1. The Kier molecular flexibility index (Phi) is 5.94. The Bertz CT molecular complexity index is 641. The van der Waals surface area contributed by atoms with E-state index in [0.717, 1.165) is 5.56 Å². The van der Waals surface area contributed by atoms with Gasteiger partial charge in [0.2, 0.25) is 0 Å². The van der Waals surface area contributed by atoms with Gasteiger partial charge in [0.05, 0.1) is 0 Å². The van der Waals surface area contributed by atoms with Crippen LogP contribution in [-0.4, -0.2) is 17.1 Å². The van der Waals surface area contributed by atoms with Crippen molar-refractivity contribution in [1.29, 1.82) is 0 Å². The highest BCUT2D eigenvalue weighted by molar-refractivity contribution is 7.11. The van der Waals surface area contributed by atoms with Gasteiger partial charge in [0.25, 0.3) is 0 Å². The van der Waals surface area contributed by atoms with E-state index in [1.807, 2.05) is 29.6 Å². The van der Waals surface area contributed by atoms with E-state index in [1.165, 1.54) is 11.3 Å². The molecule has 22 heavy (non-hydrogen) atoms. The van der Waals surface area contributed by atoms with E-state index in [4.69, 9.17) is 10.5 Å². The zero-order valence-corrected chi connectivity index (χ0v) is 12.7. The van der Waals surface area contributed by atoms with Gasteiger partial charge in [0.15, 0.2) is 5.06 Å². The molecule has 0 bridgehead atoms. The predicted octanol–water partition coefficient (Wildman–Crippen LogP) is 3.05. The molecule has 4 nitrogen and oxygen atoms in total. The van der Waals surface area contributed by atoms with Crippen molar-refractivity contribution in [3.05, 3.63) is 71.6 Å². The van der Waals surface area contributed by atoms with Gasteiger partial charge in [-0.2, -0.15) is 0 Å². The molecule has 0 amide bonds. The van der Waals surface area contributed by atoms with Gasteiger partial charge in [-0.05, 0) is 35.6 Å². The Morgan fingerprint density at radius 3 is 2.55 bits per heavy atom. The number of nitrogens with two attached hydrogens (primary N) is 1. The molecule has 1 aromatic carbocycles. The number of ether oxygens (including phenoxy) is 1. The Morgan fingerprint density at radius 1 is 1.09 bits per heavy atom. The lowest BCUT2D eigenvalue weighted by Gasteiger charge is -2.10. The SMILES string of the molecule is N[C@@H](Cc1ccc(O)cc1)C(=O)Oc1cccccccs1. The Morgan fingerprint density at radius 2 is 1.77 bits per heavy atom. The third-order valence-electron chi connectivity index (χ3n) is 2.84. The van der Waals surface area contributed by atoms with Gasteiger partial charge in [-0.1, -0.05) is 42.5 Å². The summed E-state index contributed by atoms with van der Waals surface area (Å²) in [5.74, 6) is -0.306. The number of aromatic hydroxyl groups is 1. The first-order chi connectivity index (χ1) is 10.6. The molecule has 0 aliphatic heterocycles. The number of carbonyl (C=O) groups excluding carboxylic acids is 1. The maximum Gasteiger partial charge on any atom is 0.329 e. The van der Waals surface area contributed by atoms with Gasteiger partial charge in [0.1, 0.15) is 11.8 Å². The predicted molar refractivity (Wildman–Crippen MR) is 87.4 cm³/mol. The van der Waals surface area contributed by atoms with Crippen molar-refractivity contribution in [3.63, 3.8) is 0 Å². The summed E-state index contributed by atoms with van der Waals surface area (Å²) in [6, 6.07) is 16.8. The first-order valence-corrected chi connectivity index (χ1v) is 7.65. The molecular formula is C17H17NO3S. The molecule has 0 aliphatic carbocycles. The number of phenols is 1. The molecule has 1 heterocycles. The van der Waals surface area contributed by atoms with Crippen LogP contribution in [0.2, 0.25) is 0 Å². The highest BCUT2D eigenvalue weighted by atomic mass is 32.1. The Balaban J connectivity index is 2.02. The van der Waals surface area contributed by atoms with Crippen LogP contribution in [0, 0.1) is 0 Å². The summed E-state index contributed by atoms with van der Waals surface area (Å²) in [5, 5.41) is 11.5. The zero-order valence-electron chi connectivity index (χ0n) is 11.9. The average Bonchev–Trinajstić information content (AvgIpc) is 2.63. The van der Waals surface area contributed by atoms with E-state index in [9.17, 15) is 9.90 Å². The number of phenolic OH excluding ortho intramolecular Hbond substituents is 1. The molecule has 0 saturated carbocycles. The minimum atomic E-state index is -0.759. The largest absolute Gasteiger partial charge is 0.508 e. The maximum absolute atomic E-state index is 12.1. The van der Waals surface area contributed by atoms with Crippen LogP contribution in [0.4, 0.5) is 0 Å². The standard InChI is InChI=1S/C17H17NO3S/c18-15(12-13-7-9-14(19)10-8-13)17(20)21-16-6-4-2-1-3-5-11-22-16/h1-11,15,19H,12,18H2/t15-/m0/s1. The zero-order chi connectivity index (χ0) is 15.8. The smallest absolute Gasteiger partial charge is 0.329 e. The summed E-state index contributed by atoms with van der Waals surface area (Å²) in [5.41, 5.74) is 6.75. The highest BCUT2D eigenvalue weighted by Gasteiger charge is 2.16. The third-order valence-corrected chi connectivity index (χ3v) is 3.58. The fraction of sp³-hybridized carbons (Fsp3) is 0.118. The second-order valence-electron chi connectivity index (χ2n) is 4.60. The second kappa shape index (κ2) is 8.17. The lowest BCUT2D eigenvalue weighted by molar-refractivity contribution is -0.135. The minimum absolute atomic E-state index is 0.180. The first kappa shape index (κ1) is 16.0. The van der Waals surface area contributed by atoms with E-state index in [1.54, 1.807) is 36.4 Å². The van der Waals surface area contributed by atoms with Crippen LogP contribution in [0.15, 0.2) is 66.0 Å². The molecule has 0 aliphatic rings. The van der Waals surface area contributed by atoms with Gasteiger partial charge in [-0.3, -0.25) is 0 Å². The van der Waals surface area contributed by atoms with Gasteiger partial charge in [-0.25, -0.2) is 4.79 Å². The van der Waals surface area contributed by atoms with E-state index in [-0.39, 0.29) is 5.75 Å². The third kappa shape index (κ3) is 5.20. The van der Waals surface area contributed by atoms with Crippen molar-refractivity contribution >= 4 is 17.3 Å². The van der Waals surface area contributed by atoms with Gasteiger partial charge >= 0.3 is 5.97 Å². The van der Waals surface area contributed by atoms with Crippen LogP contribution in [0.25, 0.3) is 0 Å². The van der Waals surface area contributed by atoms with Crippen LogP contribution in [0.1, 0.15) is 5.56 Å². The molecule has 114 valence electrons. The number of esters is 1. The number of hydrogen-bond acceptors (Lipinski definition) is 5. The molecule has 5 heteroatoms. The monoisotopic (exact) mass is 315 g/mol. The molecule has 1 atom stereocenters. The number of hydrogen-bond donors (Lipinski definition) is 2. The molecule has 0 spiro atoms. The first-order valence-electron chi connectivity index (χ1n) is 6.77. The van der Waals surface area contributed by atoms with Crippen molar-refractivity contribution in [2.75, 3.05) is 0 Å². The Hall–Kier alpha value is -2.37. The van der Waals surface area contributed by atoms with Crippen LogP contribution < -0.4 is 10.5 Å². The van der Waals surface area contributed by atoms with Crippen LogP contribution in [0.3, 0.4) is 0 Å². The Labute approximate surface area is 133 Å². The molecule has 0 unspecified atom stereocenters. The van der Waals surface area contributed by atoms with Crippen molar-refractivity contribution in [1.82, 2.24) is 0 Å². The summed E-state index contributed by atoms with van der Waals surface area (Å²) < 4.78 is 5.32. The average molecular weight is 315 g/mol. The topological polar surface area (TPSA) is 72.5 Å². The van der Waals surface area contributed by atoms with Crippen molar-refractivity contribution in [3.8, 4) is 10.8 Å². The normalized spacial score (nSPS) is 11.3. The fourth-order valence-corrected chi connectivity index (χ4v) is 2.31. The summed E-state index contributed by atoms with van der Waals surface area (Å²) >= 11 is 1.31. The van der Waals surface area contributed by atoms with Gasteiger partial charge in [-0.15, -0.1) is 11.3 Å². The van der Waals surface area contributed by atoms with Crippen LogP contribution in [0.5, 0.6) is 10.8 Å². The summed E-state index contributed by atoms with van der Waals surface area (Å²) in [6.45, 7) is 0. The summed E-state index contributed by atoms with van der Waals surface area (Å²) in [4.78, 5) is 12.1. The quantitative estimate of drug-likeness (QED) is 0.851. The molecular weight excluding hydrogens is 298 g/mol. The van der Waals surface area contributed by atoms with Crippen LogP contribution >= 0.6 is 11.3 Å². The van der Waals surface area contributed by atoms with Crippen molar-refractivity contribution in [2.24, 2.45) is 5.73 Å². The highest BCUT2D eigenvalue weighted by Crippen LogP contribution is 2.16. The number of carbonyl (C=O) groups is 1. The number of rotatable bonds is 4. The molecule has 2 aromatic rings. The summed E-state index contributed by atoms with van der Waals surface area (Å²) in [6.07, 6.45) is 0.351. The molecule has 0 radical (unpaired) electrons. The summed E-state index contributed by atoms with van der Waals surface area (Å²) in [7, 11) is 0. The fourth-order valence-electron chi connectivity index (χ4n) is 1.72. The van der Waals surface area contributed by atoms with Crippen molar-refractivity contribution in [2.45, 2.75) is 12.5 Å². The van der Waals surface area contributed by atoms with Crippen molar-refractivity contribution < 1.29 is 14.6 Å². The van der Waals surface area contributed by atoms with Gasteiger partial charge in [0, 0.05) is 0 Å². The van der Waals surface area contributed by atoms with Crippen LogP contribution in [-0.2, 0) is 11.2 Å². The molecule has 2 rings (SSSR count). The van der Waals surface area contributed by atoms with Gasteiger partial charge < -0.3 is 15.6 Å². The van der Waals surface area contributed by atoms with E-state index >= 15 is 0 Å². The van der Waals surface area contributed by atoms with E-state index < -0.39 is 12.0 Å². The lowest BCUT2D eigenvalue weighted by Crippen LogP contribution is -2.36. The lowest BCUT2D eigenvalue weighted by atomic mass is 10.1. The molecule has 3 N–H and O–H groups in total.